The zero-order chi connectivity index (χ0) is 24.3. The zero-order valence-corrected chi connectivity index (χ0v) is 19.3. The summed E-state index contributed by atoms with van der Waals surface area (Å²) in [7, 11) is 1.61. The van der Waals surface area contributed by atoms with Crippen molar-refractivity contribution in [2.75, 3.05) is 12.4 Å². The van der Waals surface area contributed by atoms with Gasteiger partial charge in [-0.3, -0.25) is 19.3 Å². The Balaban J connectivity index is 0.00000114. The summed E-state index contributed by atoms with van der Waals surface area (Å²) in [6, 6.07) is 8.94. The third-order valence-electron chi connectivity index (χ3n) is 5.68. The van der Waals surface area contributed by atoms with Crippen LogP contribution < -0.4 is 11.1 Å². The number of carboxylic acid groups (broad SMARTS) is 1. The van der Waals surface area contributed by atoms with Gasteiger partial charge >= 0.3 is 0 Å². The molecule has 2 amide bonds. The number of hydrogen-bond donors (Lipinski definition) is 3. The average Bonchev–Trinajstić information content (AvgIpc) is 2.72. The first-order chi connectivity index (χ1) is 14.9. The molecule has 4 N–H and O–H groups in total. The van der Waals surface area contributed by atoms with Gasteiger partial charge < -0.3 is 16.2 Å². The highest BCUT2D eigenvalue weighted by molar-refractivity contribution is 6.30. The molecule has 0 bridgehead atoms. The topological polar surface area (TPSA) is 138 Å². The lowest BCUT2D eigenvalue weighted by Crippen LogP contribution is -2.58. The van der Waals surface area contributed by atoms with Crippen molar-refractivity contribution >= 4 is 41.5 Å². The minimum atomic E-state index is -0.893. The minimum absolute atomic E-state index is 0.122. The maximum absolute atomic E-state index is 12.8. The number of aliphatic imine (C=N–C) groups is 1. The average molecular weight is 460 g/mol. The Morgan fingerprint density at radius 3 is 2.50 bits per heavy atom. The molecule has 170 valence electrons. The Hall–Kier alpha value is -3.46. The van der Waals surface area contributed by atoms with Crippen molar-refractivity contribution in [1.29, 1.82) is 0 Å². The van der Waals surface area contributed by atoms with Crippen LogP contribution in [0.25, 0.3) is 0 Å². The summed E-state index contributed by atoms with van der Waals surface area (Å²) >= 11 is 5.92. The molecule has 3 rings (SSSR count). The van der Waals surface area contributed by atoms with Gasteiger partial charge in [-0.15, -0.1) is 0 Å². The predicted octanol–water partition coefficient (Wildman–Crippen LogP) is 3.02. The number of halogens is 1. The van der Waals surface area contributed by atoms with E-state index in [-0.39, 0.29) is 24.2 Å². The minimum Gasteiger partial charge on any atom is -0.483 e. The van der Waals surface area contributed by atoms with E-state index in [1.165, 1.54) is 11.1 Å². The molecule has 10 heteroatoms. The van der Waals surface area contributed by atoms with Crippen molar-refractivity contribution in [2.45, 2.75) is 33.2 Å². The predicted molar refractivity (Wildman–Crippen MR) is 123 cm³/mol. The fraction of sp³-hybridized carbons (Fsp3) is 0.318. The smallest absolute Gasteiger partial charge is 0.290 e. The second-order valence-corrected chi connectivity index (χ2v) is 8.43. The lowest BCUT2D eigenvalue weighted by molar-refractivity contribution is -0.140. The lowest BCUT2D eigenvalue weighted by atomic mass is 9.68. The number of aryl methyl sites for hydroxylation is 1. The molecule has 0 saturated carbocycles. The molecule has 9 nitrogen and oxygen atoms in total. The molecule has 1 atom stereocenters. The molecule has 0 spiro atoms. The van der Waals surface area contributed by atoms with E-state index in [0.29, 0.717) is 22.0 Å². The molecular weight excluding hydrogens is 434 g/mol. The number of hydrogen-bond acceptors (Lipinski definition) is 6. The fourth-order valence-electron chi connectivity index (χ4n) is 3.47. The summed E-state index contributed by atoms with van der Waals surface area (Å²) in [6.45, 7) is 7.08. The molecule has 1 aliphatic rings. The molecule has 1 aliphatic heterocycles. The van der Waals surface area contributed by atoms with Gasteiger partial charge in [-0.25, -0.2) is 9.98 Å². The van der Waals surface area contributed by atoms with Crippen LogP contribution in [0.4, 0.5) is 5.69 Å². The molecule has 0 aliphatic carbocycles. The number of amides is 2. The van der Waals surface area contributed by atoms with Crippen LogP contribution in [0.3, 0.4) is 0 Å². The van der Waals surface area contributed by atoms with Crippen LogP contribution in [-0.4, -0.2) is 46.3 Å². The number of rotatable bonds is 3. The normalized spacial score (nSPS) is 19.4. The number of nitrogens with two attached hydrogens (primary N) is 1. The zero-order valence-electron chi connectivity index (χ0n) is 18.5. The largest absolute Gasteiger partial charge is 0.483 e. The Labute approximate surface area is 191 Å². The first-order valence-electron chi connectivity index (χ1n) is 9.64. The first kappa shape index (κ1) is 24.8. The van der Waals surface area contributed by atoms with Crippen LogP contribution in [0.2, 0.25) is 5.02 Å². The van der Waals surface area contributed by atoms with Gasteiger partial charge in [-0.05, 0) is 57.0 Å². The molecule has 2 heterocycles. The Morgan fingerprint density at radius 2 is 1.91 bits per heavy atom. The summed E-state index contributed by atoms with van der Waals surface area (Å²) in [5.41, 5.74) is 6.58. The van der Waals surface area contributed by atoms with E-state index in [1.54, 1.807) is 32.2 Å². The quantitative estimate of drug-likeness (QED) is 0.603. The van der Waals surface area contributed by atoms with Gasteiger partial charge in [0.05, 0.1) is 10.4 Å². The van der Waals surface area contributed by atoms with E-state index in [0.717, 1.165) is 5.56 Å². The monoisotopic (exact) mass is 459 g/mol. The van der Waals surface area contributed by atoms with E-state index in [1.807, 2.05) is 32.9 Å². The van der Waals surface area contributed by atoms with Gasteiger partial charge in [0.2, 0.25) is 5.91 Å². The molecule has 0 fully saturated rings. The number of carbonyl (C=O) groups is 3. The Morgan fingerprint density at radius 1 is 1.28 bits per heavy atom. The number of nitrogens with zero attached hydrogens (tertiary/aromatic N) is 3. The molecular formula is C22H26ClN5O4. The number of anilines is 1. The number of aromatic nitrogens is 1. The third-order valence-corrected chi connectivity index (χ3v) is 5.89. The van der Waals surface area contributed by atoms with Crippen LogP contribution in [0, 0.1) is 12.3 Å². The van der Waals surface area contributed by atoms with Gasteiger partial charge in [-0.1, -0.05) is 23.7 Å². The summed E-state index contributed by atoms with van der Waals surface area (Å²) in [6.07, 6.45) is 1.44. The lowest BCUT2D eigenvalue weighted by Gasteiger charge is -2.46. The van der Waals surface area contributed by atoms with Crippen molar-refractivity contribution < 1.29 is 19.5 Å². The number of guanidine groups is 1. The number of pyridine rings is 1. The van der Waals surface area contributed by atoms with E-state index < -0.39 is 11.0 Å². The Bertz CT molecular complexity index is 1090. The van der Waals surface area contributed by atoms with Crippen molar-refractivity contribution in [2.24, 2.45) is 16.1 Å². The number of carbonyl (C=O) groups excluding carboxylic acids is 2. The molecule has 32 heavy (non-hydrogen) atoms. The second-order valence-electron chi connectivity index (χ2n) is 7.99. The summed E-state index contributed by atoms with van der Waals surface area (Å²) in [5, 5.41) is 10.2. The Kier molecular flexibility index (Phi) is 7.25. The van der Waals surface area contributed by atoms with E-state index >= 15 is 0 Å². The molecule has 0 saturated heterocycles. The van der Waals surface area contributed by atoms with E-state index in [2.05, 4.69) is 15.3 Å². The van der Waals surface area contributed by atoms with Crippen molar-refractivity contribution in [3.8, 4) is 0 Å². The molecule has 0 radical (unpaired) electrons. The maximum Gasteiger partial charge on any atom is 0.290 e. The highest BCUT2D eigenvalue weighted by Crippen LogP contribution is 2.46. The highest BCUT2D eigenvalue weighted by atomic mass is 35.5. The van der Waals surface area contributed by atoms with E-state index in [9.17, 15) is 9.59 Å². The molecule has 1 aromatic carbocycles. The summed E-state index contributed by atoms with van der Waals surface area (Å²) in [5.74, 6) is -0.307. The standard InChI is InChI=1S/C21H24ClN5O2.CH2O2/c1-12-9-14(22)11-24-16(12)17(28)25-15-8-6-7-13(10-15)21(4)20(2,3)18(29)27(5)19(23)26-21;2-1-3/h6-11H,1-5H3,(H2,23,26)(H,25,28);1H,(H,2,3)/t21-;/m1./s1. The van der Waals surface area contributed by atoms with Crippen molar-refractivity contribution in [3.63, 3.8) is 0 Å². The summed E-state index contributed by atoms with van der Waals surface area (Å²) in [4.78, 5) is 44.0. The molecule has 2 aromatic rings. The van der Waals surface area contributed by atoms with Gasteiger partial charge in [0, 0.05) is 18.9 Å². The SMILES string of the molecule is Cc1cc(Cl)cnc1C(=O)Nc1cccc([C@@]2(C)N=C(N)N(C)C(=O)C2(C)C)c1.O=CO. The van der Waals surface area contributed by atoms with Crippen LogP contribution in [-0.2, 0) is 15.1 Å². The van der Waals surface area contributed by atoms with Gasteiger partial charge in [0.25, 0.3) is 12.4 Å². The van der Waals surface area contributed by atoms with Gasteiger partial charge in [0.1, 0.15) is 11.2 Å². The van der Waals surface area contributed by atoms with Gasteiger partial charge in [0.15, 0.2) is 5.96 Å². The molecule has 0 unspecified atom stereocenters. The first-order valence-corrected chi connectivity index (χ1v) is 10.0. The van der Waals surface area contributed by atoms with Crippen LogP contribution >= 0.6 is 11.6 Å². The summed E-state index contributed by atoms with van der Waals surface area (Å²) < 4.78 is 0. The number of nitrogens with one attached hydrogen (secondary N) is 1. The highest BCUT2D eigenvalue weighted by Gasteiger charge is 2.52. The van der Waals surface area contributed by atoms with Crippen molar-refractivity contribution in [3.05, 3.63) is 58.4 Å². The maximum atomic E-state index is 12.8. The molecule has 1 aromatic heterocycles. The van der Waals surface area contributed by atoms with E-state index in [4.69, 9.17) is 27.2 Å². The number of benzene rings is 1. The third kappa shape index (κ3) is 4.57. The van der Waals surface area contributed by atoms with Crippen molar-refractivity contribution in [1.82, 2.24) is 9.88 Å². The van der Waals surface area contributed by atoms with Crippen LogP contribution in [0.5, 0.6) is 0 Å². The van der Waals surface area contributed by atoms with Crippen LogP contribution in [0.1, 0.15) is 42.4 Å². The van der Waals surface area contributed by atoms with Crippen LogP contribution in [0.15, 0.2) is 41.5 Å². The fourth-order valence-corrected chi connectivity index (χ4v) is 3.68. The second kappa shape index (κ2) is 9.35. The van der Waals surface area contributed by atoms with Gasteiger partial charge in [-0.2, -0.15) is 0 Å².